The van der Waals surface area contributed by atoms with Crippen molar-refractivity contribution in [1.82, 2.24) is 4.98 Å². The largest absolute Gasteiger partial charge is 0.248 e. The first kappa shape index (κ1) is 10.5. The van der Waals surface area contributed by atoms with Crippen molar-refractivity contribution >= 4 is 40.2 Å². The molecule has 0 bridgehead atoms. The molecule has 0 spiro atoms. The van der Waals surface area contributed by atoms with E-state index in [0.717, 1.165) is 16.6 Å². The van der Waals surface area contributed by atoms with Crippen LogP contribution in [0.5, 0.6) is 0 Å². The number of hydrogen-bond donors (Lipinski definition) is 0. The highest BCUT2D eigenvalue weighted by Crippen LogP contribution is 2.23. The number of benzene rings is 1. The molecule has 76 valence electrons. The summed E-state index contributed by atoms with van der Waals surface area (Å²) in [4.78, 5) is 4.43. The van der Waals surface area contributed by atoms with Crippen molar-refractivity contribution in [3.05, 3.63) is 46.1 Å². The Labute approximate surface area is 98.3 Å². The number of hydrogen-bond acceptors (Lipinski definition) is 1. The van der Waals surface area contributed by atoms with Gasteiger partial charge in [-0.1, -0.05) is 41.4 Å². The minimum atomic E-state index is 0.689. The first-order valence-electron chi connectivity index (χ1n) is 4.56. The van der Waals surface area contributed by atoms with Crippen molar-refractivity contribution in [2.75, 3.05) is 0 Å². The Kier molecular flexibility index (Phi) is 2.94. The molecule has 1 nitrogen and oxygen atoms in total. The summed E-state index contributed by atoms with van der Waals surface area (Å²) >= 11 is 11.9. The molecule has 0 saturated heterocycles. The van der Waals surface area contributed by atoms with Gasteiger partial charge < -0.3 is 0 Å². The molecule has 0 fully saturated rings. The van der Waals surface area contributed by atoms with Gasteiger partial charge in [0, 0.05) is 10.4 Å². The fraction of sp³-hybridized carbons (Fsp3) is 0.0833. The lowest BCUT2D eigenvalue weighted by Gasteiger charge is -2.01. The van der Waals surface area contributed by atoms with Crippen LogP contribution in [0.1, 0.15) is 12.6 Å². The predicted molar refractivity (Wildman–Crippen MR) is 66.3 cm³/mol. The van der Waals surface area contributed by atoms with Crippen molar-refractivity contribution in [1.29, 1.82) is 0 Å². The zero-order valence-electron chi connectivity index (χ0n) is 8.17. The highest BCUT2D eigenvalue weighted by Gasteiger charge is 2.01. The summed E-state index contributed by atoms with van der Waals surface area (Å²) in [6.07, 6.45) is 1.79. The molecule has 0 N–H and O–H groups in total. The van der Waals surface area contributed by atoms with Crippen LogP contribution in [0.4, 0.5) is 0 Å². The third kappa shape index (κ3) is 2.31. The van der Waals surface area contributed by atoms with Crippen molar-refractivity contribution in [2.24, 2.45) is 0 Å². The molecule has 0 radical (unpaired) electrons. The quantitative estimate of drug-likeness (QED) is 0.713. The van der Waals surface area contributed by atoms with Crippen molar-refractivity contribution < 1.29 is 0 Å². The second kappa shape index (κ2) is 4.21. The van der Waals surface area contributed by atoms with Crippen LogP contribution in [0.25, 0.3) is 17.0 Å². The van der Waals surface area contributed by atoms with Gasteiger partial charge in [-0.15, -0.1) is 0 Å². The van der Waals surface area contributed by atoms with Gasteiger partial charge in [0.25, 0.3) is 0 Å². The predicted octanol–water partition coefficient (Wildman–Crippen LogP) is 4.49. The fourth-order valence-electron chi connectivity index (χ4n) is 1.43. The molecule has 2 aromatic rings. The number of halogens is 2. The van der Waals surface area contributed by atoms with E-state index in [0.29, 0.717) is 10.1 Å². The van der Waals surface area contributed by atoms with Crippen LogP contribution in [0.15, 0.2) is 35.4 Å². The fourth-order valence-corrected chi connectivity index (χ4v) is 1.81. The monoisotopic (exact) mass is 237 g/mol. The number of rotatable bonds is 1. The van der Waals surface area contributed by atoms with E-state index in [2.05, 4.69) is 4.98 Å². The van der Waals surface area contributed by atoms with Crippen molar-refractivity contribution in [2.45, 2.75) is 6.92 Å². The summed E-state index contributed by atoms with van der Waals surface area (Å²) in [5, 5.41) is 2.35. The average molecular weight is 238 g/mol. The number of para-hydroxylation sites is 1. The van der Waals surface area contributed by atoms with E-state index in [-0.39, 0.29) is 0 Å². The third-order valence-electron chi connectivity index (χ3n) is 2.03. The molecule has 0 unspecified atom stereocenters. The number of pyridine rings is 1. The molecule has 15 heavy (non-hydrogen) atoms. The summed E-state index contributed by atoms with van der Waals surface area (Å²) in [6, 6.07) is 9.58. The number of nitrogens with zero attached hydrogens (tertiary/aromatic N) is 1. The third-order valence-corrected chi connectivity index (χ3v) is 2.45. The van der Waals surface area contributed by atoms with Gasteiger partial charge in [0.15, 0.2) is 0 Å². The van der Waals surface area contributed by atoms with Crippen LogP contribution in [0.2, 0.25) is 5.02 Å². The number of fused-ring (bicyclic) bond motifs is 1. The first-order valence-corrected chi connectivity index (χ1v) is 5.31. The topological polar surface area (TPSA) is 12.9 Å². The molecule has 0 aliphatic carbocycles. The molecular formula is C12H9Cl2N. The van der Waals surface area contributed by atoms with Crippen LogP contribution < -0.4 is 0 Å². The lowest BCUT2D eigenvalue weighted by atomic mass is 10.2. The van der Waals surface area contributed by atoms with Crippen LogP contribution in [0.3, 0.4) is 0 Å². The second-order valence-electron chi connectivity index (χ2n) is 3.28. The Morgan fingerprint density at radius 2 is 2.07 bits per heavy atom. The Hall–Kier alpha value is -1.05. The highest BCUT2D eigenvalue weighted by atomic mass is 35.5. The Morgan fingerprint density at radius 3 is 2.80 bits per heavy atom. The molecule has 1 aromatic heterocycles. The van der Waals surface area contributed by atoms with Crippen LogP contribution in [-0.4, -0.2) is 4.98 Å². The standard InChI is InChI=1S/C12H9Cl2N/c1-8(13)6-9-7-11(14)10-4-2-3-5-12(10)15-9/h2-7H,1H3. The molecular weight excluding hydrogens is 229 g/mol. The van der Waals surface area contributed by atoms with E-state index in [1.165, 1.54) is 0 Å². The number of allylic oxidation sites excluding steroid dienone is 1. The van der Waals surface area contributed by atoms with E-state index in [4.69, 9.17) is 23.2 Å². The van der Waals surface area contributed by atoms with Crippen LogP contribution in [0, 0.1) is 0 Å². The second-order valence-corrected chi connectivity index (χ2v) is 4.28. The smallest absolute Gasteiger partial charge is 0.0724 e. The van der Waals surface area contributed by atoms with Crippen LogP contribution in [-0.2, 0) is 0 Å². The Morgan fingerprint density at radius 1 is 1.33 bits per heavy atom. The van der Waals surface area contributed by atoms with Gasteiger partial charge in [-0.3, -0.25) is 0 Å². The maximum atomic E-state index is 6.13. The molecule has 1 aromatic carbocycles. The van der Waals surface area contributed by atoms with E-state index in [9.17, 15) is 0 Å². The molecule has 1 heterocycles. The molecule has 0 amide bonds. The summed E-state index contributed by atoms with van der Waals surface area (Å²) in [6.45, 7) is 1.81. The molecule has 3 heteroatoms. The van der Waals surface area contributed by atoms with E-state index >= 15 is 0 Å². The summed E-state index contributed by atoms with van der Waals surface area (Å²) in [5.74, 6) is 0. The van der Waals surface area contributed by atoms with Gasteiger partial charge in [-0.2, -0.15) is 0 Å². The molecule has 0 aliphatic heterocycles. The lowest BCUT2D eigenvalue weighted by Crippen LogP contribution is -1.84. The summed E-state index contributed by atoms with van der Waals surface area (Å²) in [7, 11) is 0. The Bertz CT molecular complexity index is 528. The van der Waals surface area contributed by atoms with Crippen molar-refractivity contribution in [3.63, 3.8) is 0 Å². The molecule has 0 aliphatic rings. The zero-order valence-corrected chi connectivity index (χ0v) is 9.68. The number of aromatic nitrogens is 1. The normalized spacial score (nSPS) is 12.1. The lowest BCUT2D eigenvalue weighted by molar-refractivity contribution is 1.37. The minimum Gasteiger partial charge on any atom is -0.248 e. The van der Waals surface area contributed by atoms with E-state index < -0.39 is 0 Å². The highest BCUT2D eigenvalue weighted by molar-refractivity contribution is 6.35. The molecule has 0 atom stereocenters. The maximum absolute atomic E-state index is 6.13. The first-order chi connectivity index (χ1) is 7.16. The van der Waals surface area contributed by atoms with Gasteiger partial charge in [-0.25, -0.2) is 4.98 Å². The molecule has 0 saturated carbocycles. The zero-order chi connectivity index (χ0) is 10.8. The van der Waals surface area contributed by atoms with Gasteiger partial charge in [0.2, 0.25) is 0 Å². The maximum Gasteiger partial charge on any atom is 0.0724 e. The minimum absolute atomic E-state index is 0.689. The average Bonchev–Trinajstić information content (AvgIpc) is 2.16. The summed E-state index contributed by atoms with van der Waals surface area (Å²) < 4.78 is 0. The Balaban J connectivity index is 2.67. The van der Waals surface area contributed by atoms with Gasteiger partial charge in [0.05, 0.1) is 16.2 Å². The summed E-state index contributed by atoms with van der Waals surface area (Å²) in [5.41, 5.74) is 1.67. The van der Waals surface area contributed by atoms with Gasteiger partial charge in [0.1, 0.15) is 0 Å². The van der Waals surface area contributed by atoms with Crippen molar-refractivity contribution in [3.8, 4) is 0 Å². The van der Waals surface area contributed by atoms with Gasteiger partial charge >= 0.3 is 0 Å². The van der Waals surface area contributed by atoms with E-state index in [1.807, 2.05) is 37.3 Å². The van der Waals surface area contributed by atoms with Gasteiger partial charge in [-0.05, 0) is 25.1 Å². The van der Waals surface area contributed by atoms with E-state index in [1.54, 1.807) is 6.08 Å². The molecule has 2 rings (SSSR count). The SMILES string of the molecule is CC(Cl)=Cc1cc(Cl)c2ccccc2n1. The van der Waals surface area contributed by atoms with Crippen LogP contribution >= 0.6 is 23.2 Å².